The highest BCUT2D eigenvalue weighted by Gasteiger charge is 2.38. The largest absolute Gasteiger partial charge is 0.355 e. The van der Waals surface area contributed by atoms with E-state index in [0.29, 0.717) is 18.3 Å². The van der Waals surface area contributed by atoms with Gasteiger partial charge >= 0.3 is 0 Å². The molecule has 0 bridgehead atoms. The lowest BCUT2D eigenvalue weighted by Gasteiger charge is -2.04. The highest BCUT2D eigenvalue weighted by molar-refractivity contribution is 7.15. The van der Waals surface area contributed by atoms with Crippen LogP contribution in [0.1, 0.15) is 24.6 Å². The zero-order valence-electron chi connectivity index (χ0n) is 13.2. The summed E-state index contributed by atoms with van der Waals surface area (Å²) in [4.78, 5) is 25.8. The number of carbonyl (C=O) groups is 2. The van der Waals surface area contributed by atoms with Crippen molar-refractivity contribution in [1.82, 2.24) is 15.5 Å². The lowest BCUT2D eigenvalue weighted by atomic mass is 10.3. The number of rotatable bonds is 6. The number of amides is 2. The van der Waals surface area contributed by atoms with Crippen LogP contribution in [0.3, 0.4) is 0 Å². The van der Waals surface area contributed by atoms with Crippen LogP contribution in [0.5, 0.6) is 0 Å². The van der Waals surface area contributed by atoms with Gasteiger partial charge in [0.25, 0.3) is 0 Å². The molecule has 2 heterocycles. The van der Waals surface area contributed by atoms with Crippen molar-refractivity contribution in [2.75, 3.05) is 11.9 Å². The predicted molar refractivity (Wildman–Crippen MR) is 90.2 cm³/mol. The molecule has 6 nitrogen and oxygen atoms in total. The molecule has 7 heteroatoms. The zero-order chi connectivity index (χ0) is 16.4. The quantitative estimate of drug-likeness (QED) is 0.760. The van der Waals surface area contributed by atoms with Crippen molar-refractivity contribution in [2.24, 2.45) is 11.8 Å². The SMILES string of the molecule is Cc1ccc(-c2cc(NC(=O)CCNC(=O)[C@@H]3C[C@@H]3C)n[nH]2)s1. The Morgan fingerprint density at radius 1 is 1.43 bits per heavy atom. The van der Waals surface area contributed by atoms with Crippen LogP contribution < -0.4 is 10.6 Å². The molecule has 1 aliphatic rings. The van der Waals surface area contributed by atoms with Gasteiger partial charge in [0.15, 0.2) is 5.82 Å². The molecule has 0 saturated heterocycles. The van der Waals surface area contributed by atoms with Gasteiger partial charge in [-0.05, 0) is 31.4 Å². The molecular formula is C16H20N4O2S. The Morgan fingerprint density at radius 2 is 2.22 bits per heavy atom. The summed E-state index contributed by atoms with van der Waals surface area (Å²) in [6.07, 6.45) is 1.20. The van der Waals surface area contributed by atoms with Crippen LogP contribution in [-0.4, -0.2) is 28.6 Å². The number of nitrogens with one attached hydrogen (secondary N) is 3. The summed E-state index contributed by atoms with van der Waals surface area (Å²) in [5, 5.41) is 12.6. The van der Waals surface area contributed by atoms with Gasteiger partial charge in [-0.3, -0.25) is 14.7 Å². The van der Waals surface area contributed by atoms with Gasteiger partial charge in [-0.1, -0.05) is 6.92 Å². The fraction of sp³-hybridized carbons (Fsp3) is 0.438. The minimum atomic E-state index is -0.158. The van der Waals surface area contributed by atoms with Crippen molar-refractivity contribution in [3.63, 3.8) is 0 Å². The number of nitrogens with zero attached hydrogens (tertiary/aromatic N) is 1. The number of hydrogen-bond acceptors (Lipinski definition) is 4. The molecule has 0 aromatic carbocycles. The first-order valence-electron chi connectivity index (χ1n) is 7.72. The minimum Gasteiger partial charge on any atom is -0.355 e. The van der Waals surface area contributed by atoms with Gasteiger partial charge in [0.1, 0.15) is 0 Å². The molecule has 0 unspecified atom stereocenters. The maximum Gasteiger partial charge on any atom is 0.227 e. The van der Waals surface area contributed by atoms with Gasteiger partial charge in [0.2, 0.25) is 11.8 Å². The Morgan fingerprint density at radius 3 is 2.87 bits per heavy atom. The first-order valence-corrected chi connectivity index (χ1v) is 8.54. The maximum atomic E-state index is 11.9. The average Bonchev–Trinajstić information content (AvgIpc) is 2.88. The number of hydrogen-bond donors (Lipinski definition) is 3. The molecule has 1 aliphatic carbocycles. The Kier molecular flexibility index (Phi) is 4.47. The highest BCUT2D eigenvalue weighted by atomic mass is 32.1. The van der Waals surface area contributed by atoms with Gasteiger partial charge in [0, 0.05) is 29.8 Å². The van der Waals surface area contributed by atoms with Gasteiger partial charge in [-0.2, -0.15) is 5.10 Å². The second-order valence-corrected chi connectivity index (χ2v) is 7.27. The van der Waals surface area contributed by atoms with Gasteiger partial charge in [0.05, 0.1) is 10.6 Å². The van der Waals surface area contributed by atoms with Crippen LogP contribution >= 0.6 is 11.3 Å². The van der Waals surface area contributed by atoms with Crippen LogP contribution in [0.2, 0.25) is 0 Å². The van der Waals surface area contributed by atoms with Crippen molar-refractivity contribution in [2.45, 2.75) is 26.7 Å². The summed E-state index contributed by atoms with van der Waals surface area (Å²) < 4.78 is 0. The molecule has 2 atom stereocenters. The van der Waals surface area contributed by atoms with Crippen LogP contribution in [-0.2, 0) is 9.59 Å². The van der Waals surface area contributed by atoms with Crippen molar-refractivity contribution in [1.29, 1.82) is 0 Å². The molecule has 3 rings (SSSR count). The Bertz CT molecular complexity index is 721. The molecule has 2 aromatic rings. The molecule has 3 N–H and O–H groups in total. The molecule has 1 saturated carbocycles. The first-order chi connectivity index (χ1) is 11.0. The Balaban J connectivity index is 1.45. The number of anilines is 1. The second-order valence-electron chi connectivity index (χ2n) is 5.99. The molecule has 23 heavy (non-hydrogen) atoms. The van der Waals surface area contributed by atoms with Crippen molar-refractivity contribution in [3.8, 4) is 10.6 Å². The average molecular weight is 332 g/mol. The van der Waals surface area contributed by atoms with E-state index in [1.807, 2.05) is 25.1 Å². The van der Waals surface area contributed by atoms with E-state index in [-0.39, 0.29) is 24.2 Å². The topological polar surface area (TPSA) is 86.9 Å². The van der Waals surface area contributed by atoms with Crippen molar-refractivity contribution < 1.29 is 9.59 Å². The number of aromatic amines is 1. The standard InChI is InChI=1S/C16H20N4O2S/c1-9-7-11(9)16(22)17-6-5-15(21)18-14-8-12(19-20-14)13-4-3-10(2)23-13/h3-4,8-9,11H,5-7H2,1-2H3,(H,17,22)(H2,18,19,20,21)/t9-,11+/m0/s1. The minimum absolute atomic E-state index is 0.0559. The molecule has 2 aromatic heterocycles. The summed E-state index contributed by atoms with van der Waals surface area (Å²) >= 11 is 1.67. The Hall–Kier alpha value is -2.15. The Labute approximate surface area is 138 Å². The molecule has 0 spiro atoms. The monoisotopic (exact) mass is 332 g/mol. The third-order valence-electron chi connectivity index (χ3n) is 3.95. The van der Waals surface area contributed by atoms with Crippen LogP contribution in [0.15, 0.2) is 18.2 Å². The van der Waals surface area contributed by atoms with E-state index in [9.17, 15) is 9.59 Å². The van der Waals surface area contributed by atoms with E-state index >= 15 is 0 Å². The molecular weight excluding hydrogens is 312 g/mol. The van der Waals surface area contributed by atoms with Crippen molar-refractivity contribution in [3.05, 3.63) is 23.1 Å². The molecule has 0 radical (unpaired) electrons. The van der Waals surface area contributed by atoms with Gasteiger partial charge in [-0.15, -0.1) is 11.3 Å². The summed E-state index contributed by atoms with van der Waals surface area (Å²) in [6, 6.07) is 5.88. The predicted octanol–water partition coefficient (Wildman–Crippen LogP) is 2.55. The number of aromatic nitrogens is 2. The second kappa shape index (κ2) is 6.54. The number of thiophene rings is 1. The van der Waals surface area contributed by atoms with E-state index in [2.05, 4.69) is 27.8 Å². The number of carbonyl (C=O) groups excluding carboxylic acids is 2. The number of H-pyrrole nitrogens is 1. The smallest absolute Gasteiger partial charge is 0.227 e. The van der Waals surface area contributed by atoms with Gasteiger partial charge < -0.3 is 10.6 Å². The highest BCUT2D eigenvalue weighted by Crippen LogP contribution is 2.37. The third-order valence-corrected chi connectivity index (χ3v) is 4.98. The van der Waals surface area contributed by atoms with Crippen molar-refractivity contribution >= 4 is 29.0 Å². The fourth-order valence-corrected chi connectivity index (χ4v) is 3.25. The van der Waals surface area contributed by atoms with Crippen LogP contribution in [0.4, 0.5) is 5.82 Å². The lowest BCUT2D eigenvalue weighted by Crippen LogP contribution is -2.29. The molecule has 1 fully saturated rings. The third kappa shape index (κ3) is 3.98. The summed E-state index contributed by atoms with van der Waals surface area (Å²) in [7, 11) is 0. The van der Waals surface area contributed by atoms with E-state index in [1.54, 1.807) is 11.3 Å². The van der Waals surface area contributed by atoms with E-state index in [1.165, 1.54) is 4.88 Å². The normalized spacial score (nSPS) is 19.4. The van der Waals surface area contributed by atoms with Crippen LogP contribution in [0, 0.1) is 18.8 Å². The summed E-state index contributed by atoms with van der Waals surface area (Å²) in [5.41, 5.74) is 0.884. The first kappa shape index (κ1) is 15.7. The van der Waals surface area contributed by atoms with Crippen LogP contribution in [0.25, 0.3) is 10.6 Å². The van der Waals surface area contributed by atoms with E-state index in [0.717, 1.165) is 17.0 Å². The van der Waals surface area contributed by atoms with E-state index < -0.39 is 0 Å². The molecule has 122 valence electrons. The number of aryl methyl sites for hydroxylation is 1. The lowest BCUT2D eigenvalue weighted by molar-refractivity contribution is -0.122. The maximum absolute atomic E-state index is 11.9. The summed E-state index contributed by atoms with van der Waals surface area (Å²) in [5.74, 6) is 1.02. The molecule has 2 amide bonds. The van der Waals surface area contributed by atoms with Gasteiger partial charge in [-0.25, -0.2) is 0 Å². The van der Waals surface area contributed by atoms with E-state index in [4.69, 9.17) is 0 Å². The summed E-state index contributed by atoms with van der Waals surface area (Å²) in [6.45, 7) is 4.46. The fourth-order valence-electron chi connectivity index (χ4n) is 2.41. The zero-order valence-corrected chi connectivity index (χ0v) is 14.0. The molecule has 0 aliphatic heterocycles.